The van der Waals surface area contributed by atoms with Gasteiger partial charge in [-0.3, -0.25) is 0 Å². The minimum atomic E-state index is -0.00828. The average Bonchev–Trinajstić information content (AvgIpc) is 2.95. The van der Waals surface area contributed by atoms with Crippen LogP contribution in [-0.2, 0) is 0 Å². The molecule has 0 fully saturated rings. The summed E-state index contributed by atoms with van der Waals surface area (Å²) in [5.74, 6) is 0.938. The van der Waals surface area contributed by atoms with E-state index in [1.807, 2.05) is 28.9 Å². The van der Waals surface area contributed by atoms with Crippen molar-refractivity contribution in [3.05, 3.63) is 70.2 Å². The molecule has 3 aromatic rings. The van der Waals surface area contributed by atoms with Crippen molar-refractivity contribution in [2.24, 2.45) is 0 Å². The lowest BCUT2D eigenvalue weighted by Crippen LogP contribution is -2.28. The lowest BCUT2D eigenvalue weighted by molar-refractivity contribution is 0.431. The van der Waals surface area contributed by atoms with Crippen molar-refractivity contribution in [1.29, 1.82) is 0 Å². The van der Waals surface area contributed by atoms with Crippen LogP contribution in [0, 0.1) is 6.92 Å². The number of aromatic nitrogens is 3. The molecule has 5 nitrogen and oxygen atoms in total. The minimum Gasteiger partial charge on any atom is -0.366 e. The van der Waals surface area contributed by atoms with Crippen LogP contribution in [-0.4, -0.2) is 14.8 Å². The van der Waals surface area contributed by atoms with E-state index in [1.165, 1.54) is 11.1 Å². The fraction of sp³-hybridized carbons (Fsp3) is 0.222. The normalized spacial score (nSPS) is 19.6. The summed E-state index contributed by atoms with van der Waals surface area (Å²) in [5.41, 5.74) is 9.31. The van der Waals surface area contributed by atoms with Crippen molar-refractivity contribution in [3.63, 3.8) is 0 Å². The maximum absolute atomic E-state index is 6.43. The number of hydrogen-bond donors (Lipinski definition) is 2. The maximum Gasteiger partial charge on any atom is 0.241 e. The summed E-state index contributed by atoms with van der Waals surface area (Å²) < 4.78 is 1.83. The third-order valence-electron chi connectivity index (χ3n) is 4.45. The van der Waals surface area contributed by atoms with Gasteiger partial charge in [0.15, 0.2) is 0 Å². The third kappa shape index (κ3) is 2.61. The Kier molecular flexibility index (Phi) is 3.65. The van der Waals surface area contributed by atoms with Gasteiger partial charge in [-0.2, -0.15) is 4.98 Å². The van der Waals surface area contributed by atoms with E-state index in [-0.39, 0.29) is 18.0 Å². The molecule has 0 saturated heterocycles. The van der Waals surface area contributed by atoms with Crippen molar-refractivity contribution in [3.8, 4) is 0 Å². The van der Waals surface area contributed by atoms with Gasteiger partial charge in [0, 0.05) is 5.02 Å². The molecule has 1 aromatic heterocycles. The van der Waals surface area contributed by atoms with Crippen molar-refractivity contribution < 1.29 is 0 Å². The molecule has 0 aliphatic carbocycles. The molecular weight excluding hydrogens is 322 g/mol. The first-order valence-electron chi connectivity index (χ1n) is 7.91. The standard InChI is InChI=1S/C18H18ClN5/c1-11-6-8-12(9-7-11)15-10-16(13-4-2-3-5-14(13)19)24-18(21-15)22-17(20)23-24/h2-9,15-16H,10H2,1H3,(H3,20,21,22,23)/t15-,16+/m1/s1. The number of rotatable bonds is 2. The zero-order chi connectivity index (χ0) is 16.7. The molecule has 0 spiro atoms. The van der Waals surface area contributed by atoms with Crippen LogP contribution in [0.1, 0.15) is 35.2 Å². The molecule has 4 rings (SSSR count). The molecule has 2 aromatic carbocycles. The number of nitrogen functional groups attached to an aromatic ring is 1. The molecule has 6 heteroatoms. The zero-order valence-electron chi connectivity index (χ0n) is 13.3. The maximum atomic E-state index is 6.43. The van der Waals surface area contributed by atoms with Gasteiger partial charge >= 0.3 is 0 Å². The van der Waals surface area contributed by atoms with Gasteiger partial charge in [-0.05, 0) is 30.5 Å². The molecule has 1 aliphatic rings. The number of nitrogens with one attached hydrogen (secondary N) is 1. The summed E-state index contributed by atoms with van der Waals surface area (Å²) >= 11 is 6.43. The first kappa shape index (κ1) is 15.0. The number of anilines is 2. The van der Waals surface area contributed by atoms with Crippen LogP contribution in [0.15, 0.2) is 48.5 Å². The first-order valence-corrected chi connectivity index (χ1v) is 8.29. The lowest BCUT2D eigenvalue weighted by atomic mass is 9.93. The first-order chi connectivity index (χ1) is 11.6. The van der Waals surface area contributed by atoms with Crippen LogP contribution in [0.25, 0.3) is 0 Å². The second-order valence-corrected chi connectivity index (χ2v) is 6.53. The number of nitrogens with two attached hydrogens (primary N) is 1. The highest BCUT2D eigenvalue weighted by atomic mass is 35.5. The summed E-state index contributed by atoms with van der Waals surface area (Å²) in [6.45, 7) is 2.09. The van der Waals surface area contributed by atoms with Gasteiger partial charge in [-0.1, -0.05) is 59.6 Å². The molecule has 1 aliphatic heterocycles. The molecule has 3 N–H and O–H groups in total. The van der Waals surface area contributed by atoms with Crippen LogP contribution in [0.3, 0.4) is 0 Å². The summed E-state index contributed by atoms with van der Waals surface area (Å²) in [4.78, 5) is 4.33. The van der Waals surface area contributed by atoms with E-state index >= 15 is 0 Å². The number of fused-ring (bicyclic) bond motifs is 1. The zero-order valence-corrected chi connectivity index (χ0v) is 14.0. The molecule has 122 valence electrons. The molecule has 0 bridgehead atoms. The van der Waals surface area contributed by atoms with Crippen LogP contribution in [0.2, 0.25) is 5.02 Å². The van der Waals surface area contributed by atoms with Gasteiger partial charge in [-0.15, -0.1) is 5.10 Å². The minimum absolute atomic E-state index is 0.00828. The van der Waals surface area contributed by atoms with Crippen LogP contribution >= 0.6 is 11.6 Å². The Balaban J connectivity index is 1.78. The monoisotopic (exact) mass is 339 g/mol. The summed E-state index contributed by atoms with van der Waals surface area (Å²) in [6, 6.07) is 16.5. The quantitative estimate of drug-likeness (QED) is 0.741. The van der Waals surface area contributed by atoms with Crippen LogP contribution < -0.4 is 11.1 Å². The predicted octanol–water partition coefficient (Wildman–Crippen LogP) is 3.97. The third-order valence-corrected chi connectivity index (χ3v) is 4.79. The smallest absolute Gasteiger partial charge is 0.241 e. The number of aryl methyl sites for hydroxylation is 1. The highest BCUT2D eigenvalue weighted by Gasteiger charge is 2.31. The second kappa shape index (κ2) is 5.83. The molecule has 0 saturated carbocycles. The van der Waals surface area contributed by atoms with Gasteiger partial charge in [0.2, 0.25) is 11.9 Å². The van der Waals surface area contributed by atoms with E-state index in [9.17, 15) is 0 Å². The summed E-state index contributed by atoms with van der Waals surface area (Å²) in [6.07, 6.45) is 0.822. The topological polar surface area (TPSA) is 68.8 Å². The SMILES string of the molecule is Cc1ccc([C@H]2C[C@@H](c3ccccc3Cl)n3nc(N)nc3N2)cc1. The number of benzene rings is 2. The van der Waals surface area contributed by atoms with Crippen LogP contribution in [0.4, 0.5) is 11.9 Å². The highest BCUT2D eigenvalue weighted by molar-refractivity contribution is 6.31. The van der Waals surface area contributed by atoms with Crippen LogP contribution in [0.5, 0.6) is 0 Å². The number of hydrogen-bond acceptors (Lipinski definition) is 4. The Labute approximate surface area is 145 Å². The van der Waals surface area contributed by atoms with E-state index < -0.39 is 0 Å². The number of nitrogens with zero attached hydrogens (tertiary/aromatic N) is 3. The highest BCUT2D eigenvalue weighted by Crippen LogP contribution is 2.40. The molecule has 0 radical (unpaired) electrons. The molecule has 0 unspecified atom stereocenters. The molecular formula is C18H18ClN5. The van der Waals surface area contributed by atoms with E-state index in [0.29, 0.717) is 5.95 Å². The van der Waals surface area contributed by atoms with Gasteiger partial charge in [0.05, 0.1) is 12.1 Å². The Morgan fingerprint density at radius 3 is 2.67 bits per heavy atom. The lowest BCUT2D eigenvalue weighted by Gasteiger charge is -2.32. The molecule has 2 heterocycles. The van der Waals surface area contributed by atoms with Gasteiger partial charge in [-0.25, -0.2) is 4.68 Å². The van der Waals surface area contributed by atoms with Crippen molar-refractivity contribution in [2.45, 2.75) is 25.4 Å². The van der Waals surface area contributed by atoms with Gasteiger partial charge in [0.1, 0.15) is 0 Å². The van der Waals surface area contributed by atoms with Crippen molar-refractivity contribution >= 4 is 23.5 Å². The Bertz CT molecular complexity index is 871. The Morgan fingerprint density at radius 2 is 1.92 bits per heavy atom. The average molecular weight is 340 g/mol. The molecule has 24 heavy (non-hydrogen) atoms. The molecule has 0 amide bonds. The molecule has 2 atom stereocenters. The number of halogens is 1. The largest absolute Gasteiger partial charge is 0.366 e. The van der Waals surface area contributed by atoms with Crippen molar-refractivity contribution in [2.75, 3.05) is 11.1 Å². The fourth-order valence-electron chi connectivity index (χ4n) is 3.22. The predicted molar refractivity (Wildman–Crippen MR) is 96.2 cm³/mol. The summed E-state index contributed by atoms with van der Waals surface area (Å²) in [5, 5.41) is 8.52. The summed E-state index contributed by atoms with van der Waals surface area (Å²) in [7, 11) is 0. The van der Waals surface area contributed by atoms with E-state index in [4.69, 9.17) is 17.3 Å². The second-order valence-electron chi connectivity index (χ2n) is 6.12. The van der Waals surface area contributed by atoms with E-state index in [0.717, 1.165) is 17.0 Å². The Hall–Kier alpha value is -2.53. The van der Waals surface area contributed by atoms with Gasteiger partial charge in [0.25, 0.3) is 0 Å². The van der Waals surface area contributed by atoms with E-state index in [1.54, 1.807) is 0 Å². The van der Waals surface area contributed by atoms with Crippen molar-refractivity contribution in [1.82, 2.24) is 14.8 Å². The Morgan fingerprint density at radius 1 is 1.17 bits per heavy atom. The fourth-order valence-corrected chi connectivity index (χ4v) is 3.48. The van der Waals surface area contributed by atoms with Gasteiger partial charge < -0.3 is 11.1 Å². The van der Waals surface area contributed by atoms with E-state index in [2.05, 4.69) is 46.6 Å².